The second-order valence-electron chi connectivity index (χ2n) is 3.20. The Labute approximate surface area is 94.6 Å². The summed E-state index contributed by atoms with van der Waals surface area (Å²) in [6, 6.07) is 3.75. The van der Waals surface area contributed by atoms with E-state index in [1.165, 1.54) is 18.2 Å². The van der Waals surface area contributed by atoms with Crippen LogP contribution in [0.5, 0.6) is 5.75 Å². The first-order valence-electron chi connectivity index (χ1n) is 4.66. The third kappa shape index (κ3) is 2.98. The first kappa shape index (κ1) is 12.5. The van der Waals surface area contributed by atoms with Gasteiger partial charge in [-0.25, -0.2) is 13.1 Å². The van der Waals surface area contributed by atoms with Gasteiger partial charge in [0.15, 0.2) is 0 Å². The number of benzene rings is 1. The van der Waals surface area contributed by atoms with Gasteiger partial charge in [0.05, 0.1) is 10.6 Å². The summed E-state index contributed by atoms with van der Waals surface area (Å²) in [5.41, 5.74) is 5.45. The molecule has 0 bridgehead atoms. The lowest BCUT2D eigenvalue weighted by Crippen LogP contribution is -2.24. The lowest BCUT2D eigenvalue weighted by molar-refractivity contribution is 0.477. The van der Waals surface area contributed by atoms with Crippen LogP contribution >= 0.6 is 0 Å². The van der Waals surface area contributed by atoms with Crippen LogP contribution in [0.1, 0.15) is 6.42 Å². The number of anilines is 1. The largest absolute Gasteiger partial charge is 0.506 e. The third-order valence-corrected chi connectivity index (χ3v) is 3.41. The van der Waals surface area contributed by atoms with Crippen LogP contribution in [-0.4, -0.2) is 20.1 Å². The highest BCUT2D eigenvalue weighted by molar-refractivity contribution is 7.89. The second-order valence-corrected chi connectivity index (χ2v) is 4.96. The fourth-order valence-corrected chi connectivity index (χ4v) is 2.16. The number of nitrogens with one attached hydrogen (secondary N) is 1. The predicted octanol–water partition coefficient (Wildman–Crippen LogP) is 0.829. The van der Waals surface area contributed by atoms with Crippen LogP contribution in [-0.2, 0) is 10.0 Å². The second kappa shape index (κ2) is 5.00. The van der Waals surface area contributed by atoms with Crippen molar-refractivity contribution in [2.45, 2.75) is 11.3 Å². The molecule has 1 rings (SSSR count). The predicted molar refractivity (Wildman–Crippen MR) is 62.5 cm³/mol. The number of hydrogen-bond donors (Lipinski definition) is 3. The van der Waals surface area contributed by atoms with Gasteiger partial charge < -0.3 is 10.8 Å². The molecule has 0 aliphatic rings. The van der Waals surface area contributed by atoms with Gasteiger partial charge in [0, 0.05) is 6.54 Å². The van der Waals surface area contributed by atoms with Crippen LogP contribution < -0.4 is 10.5 Å². The van der Waals surface area contributed by atoms with Crippen molar-refractivity contribution in [3.05, 3.63) is 30.9 Å². The van der Waals surface area contributed by atoms with Gasteiger partial charge in [0.2, 0.25) is 10.0 Å². The zero-order valence-corrected chi connectivity index (χ0v) is 9.50. The molecule has 16 heavy (non-hydrogen) atoms. The van der Waals surface area contributed by atoms with Crippen molar-refractivity contribution in [3.8, 4) is 5.75 Å². The van der Waals surface area contributed by atoms with Gasteiger partial charge in [-0.2, -0.15) is 0 Å². The van der Waals surface area contributed by atoms with E-state index in [2.05, 4.69) is 11.3 Å². The Morgan fingerprint density at radius 1 is 1.50 bits per heavy atom. The molecule has 0 unspecified atom stereocenters. The molecule has 0 heterocycles. The lowest BCUT2D eigenvalue weighted by atomic mass is 10.3. The number of phenolic OH excluding ortho intramolecular Hbond substituents is 1. The molecule has 5 nitrogen and oxygen atoms in total. The Bertz CT molecular complexity index is 483. The smallest absolute Gasteiger partial charge is 0.240 e. The Hall–Kier alpha value is -1.53. The van der Waals surface area contributed by atoms with E-state index in [0.29, 0.717) is 6.42 Å². The van der Waals surface area contributed by atoms with E-state index in [4.69, 9.17) is 5.73 Å². The molecule has 0 atom stereocenters. The number of sulfonamides is 1. The number of phenols is 1. The van der Waals surface area contributed by atoms with E-state index >= 15 is 0 Å². The molecule has 1 aromatic carbocycles. The van der Waals surface area contributed by atoms with Crippen molar-refractivity contribution in [2.75, 3.05) is 12.3 Å². The summed E-state index contributed by atoms with van der Waals surface area (Å²) in [7, 11) is -3.56. The molecule has 0 saturated carbocycles. The minimum absolute atomic E-state index is 0.0339. The highest BCUT2D eigenvalue weighted by atomic mass is 32.2. The fraction of sp³-hybridized carbons (Fsp3) is 0.200. The molecular weight excluding hydrogens is 228 g/mol. The lowest BCUT2D eigenvalue weighted by Gasteiger charge is -2.06. The van der Waals surface area contributed by atoms with Crippen LogP contribution in [0.25, 0.3) is 0 Å². The fourth-order valence-electron chi connectivity index (χ4n) is 1.08. The first-order chi connectivity index (χ1) is 7.47. The average Bonchev–Trinajstić information content (AvgIpc) is 2.22. The third-order valence-electron chi connectivity index (χ3n) is 1.95. The number of nitrogen functional groups attached to an aromatic ring is 1. The molecule has 0 saturated heterocycles. The van der Waals surface area contributed by atoms with E-state index < -0.39 is 10.0 Å². The van der Waals surface area contributed by atoms with Crippen LogP contribution in [0.4, 0.5) is 5.69 Å². The molecule has 0 radical (unpaired) electrons. The molecular formula is C10H14N2O3S. The van der Waals surface area contributed by atoms with E-state index in [0.717, 1.165) is 0 Å². The number of hydrogen-bond acceptors (Lipinski definition) is 4. The Kier molecular flexibility index (Phi) is 3.92. The maximum absolute atomic E-state index is 11.7. The van der Waals surface area contributed by atoms with Crippen LogP contribution in [0.2, 0.25) is 0 Å². The van der Waals surface area contributed by atoms with Gasteiger partial charge in [-0.05, 0) is 24.6 Å². The molecule has 1 aromatic rings. The van der Waals surface area contributed by atoms with E-state index in [-0.39, 0.29) is 22.9 Å². The summed E-state index contributed by atoms with van der Waals surface area (Å²) in [5.74, 6) is -0.134. The Morgan fingerprint density at radius 2 is 2.19 bits per heavy atom. The normalized spacial score (nSPS) is 11.2. The molecule has 0 spiro atoms. The van der Waals surface area contributed by atoms with Gasteiger partial charge in [-0.3, -0.25) is 0 Å². The first-order valence-corrected chi connectivity index (χ1v) is 6.15. The van der Waals surface area contributed by atoms with Crippen LogP contribution in [0.3, 0.4) is 0 Å². The van der Waals surface area contributed by atoms with Crippen LogP contribution in [0, 0.1) is 0 Å². The highest BCUT2D eigenvalue weighted by Crippen LogP contribution is 2.22. The molecule has 0 fully saturated rings. The summed E-state index contributed by atoms with van der Waals surface area (Å²) in [6.45, 7) is 3.78. The Morgan fingerprint density at radius 3 is 2.75 bits per heavy atom. The monoisotopic (exact) mass is 242 g/mol. The molecule has 6 heteroatoms. The summed E-state index contributed by atoms with van der Waals surface area (Å²) >= 11 is 0. The van der Waals surface area contributed by atoms with Gasteiger partial charge in [0.25, 0.3) is 0 Å². The zero-order valence-electron chi connectivity index (χ0n) is 8.68. The van der Waals surface area contributed by atoms with Gasteiger partial charge >= 0.3 is 0 Å². The standard InChI is InChI=1S/C10H14N2O3S/c1-2-3-6-12-16(14,15)8-4-5-10(13)9(11)7-8/h2,4-5,7,12-13H,1,3,6,11H2. The minimum atomic E-state index is -3.56. The minimum Gasteiger partial charge on any atom is -0.506 e. The van der Waals surface area contributed by atoms with Gasteiger partial charge in [-0.15, -0.1) is 6.58 Å². The average molecular weight is 242 g/mol. The molecule has 0 amide bonds. The number of nitrogens with two attached hydrogens (primary N) is 1. The quantitative estimate of drug-likeness (QED) is 0.308. The van der Waals surface area contributed by atoms with Gasteiger partial charge in [-0.1, -0.05) is 6.08 Å². The number of aromatic hydroxyl groups is 1. The van der Waals surface area contributed by atoms with Crippen molar-refractivity contribution in [3.63, 3.8) is 0 Å². The van der Waals surface area contributed by atoms with Crippen molar-refractivity contribution in [1.29, 1.82) is 0 Å². The summed E-state index contributed by atoms with van der Waals surface area (Å²) in [4.78, 5) is 0.0341. The Balaban J connectivity index is 2.90. The number of rotatable bonds is 5. The van der Waals surface area contributed by atoms with E-state index in [1.807, 2.05) is 0 Å². The van der Waals surface area contributed by atoms with E-state index in [9.17, 15) is 13.5 Å². The molecule has 4 N–H and O–H groups in total. The van der Waals surface area contributed by atoms with E-state index in [1.54, 1.807) is 6.08 Å². The van der Waals surface area contributed by atoms with Gasteiger partial charge in [0.1, 0.15) is 5.75 Å². The van der Waals surface area contributed by atoms with Crippen molar-refractivity contribution in [2.24, 2.45) is 0 Å². The maximum atomic E-state index is 11.7. The highest BCUT2D eigenvalue weighted by Gasteiger charge is 2.14. The molecule has 0 aliphatic heterocycles. The molecule has 0 aliphatic carbocycles. The summed E-state index contributed by atoms with van der Waals surface area (Å²) in [5, 5.41) is 9.17. The maximum Gasteiger partial charge on any atom is 0.240 e. The van der Waals surface area contributed by atoms with Crippen molar-refractivity contribution in [1.82, 2.24) is 4.72 Å². The van der Waals surface area contributed by atoms with Crippen molar-refractivity contribution < 1.29 is 13.5 Å². The topological polar surface area (TPSA) is 92.4 Å². The van der Waals surface area contributed by atoms with Crippen molar-refractivity contribution >= 4 is 15.7 Å². The summed E-state index contributed by atoms with van der Waals surface area (Å²) < 4.78 is 25.8. The SMILES string of the molecule is C=CCCNS(=O)(=O)c1ccc(O)c(N)c1. The van der Waals surface area contributed by atoms with Crippen LogP contribution in [0.15, 0.2) is 35.7 Å². The summed E-state index contributed by atoms with van der Waals surface area (Å²) in [6.07, 6.45) is 2.17. The molecule has 88 valence electrons. The zero-order chi connectivity index (χ0) is 12.2. The molecule has 0 aromatic heterocycles.